The summed E-state index contributed by atoms with van der Waals surface area (Å²) in [6.45, 7) is 7.50. The van der Waals surface area contributed by atoms with Gasteiger partial charge in [0.1, 0.15) is 11.5 Å². The molecule has 0 heterocycles. The molecule has 0 radical (unpaired) electrons. The van der Waals surface area contributed by atoms with E-state index in [-0.39, 0.29) is 5.75 Å². The Morgan fingerprint density at radius 3 is 2.50 bits per heavy atom. The standard InChI is InChI=1S/C17H27NO2/c1-5-10-17(6-2,7-3)13-18-12-14-11-15(20-4)8-9-16(14)19/h8-9,11-12,19H,5-7,10,13H2,1-4H3/b18-12+. The predicted octanol–water partition coefficient (Wildman–Crippen LogP) is 4.43. The Labute approximate surface area is 122 Å². The SMILES string of the molecule is CCCC(CC)(CC)C/N=C/c1cc(OC)ccc1O. The molecule has 0 aliphatic heterocycles. The second-order valence-corrected chi connectivity index (χ2v) is 5.35. The van der Waals surface area contributed by atoms with Crippen LogP contribution in [0.5, 0.6) is 11.5 Å². The van der Waals surface area contributed by atoms with Crippen LogP contribution in [0.3, 0.4) is 0 Å². The third-order valence-electron chi connectivity index (χ3n) is 4.17. The van der Waals surface area contributed by atoms with Gasteiger partial charge >= 0.3 is 0 Å². The normalized spacial score (nSPS) is 12.0. The number of hydrogen-bond donors (Lipinski definition) is 1. The minimum atomic E-state index is 0.239. The van der Waals surface area contributed by atoms with E-state index in [4.69, 9.17) is 4.74 Å². The molecule has 0 aromatic heterocycles. The van der Waals surface area contributed by atoms with Crippen LogP contribution in [0.15, 0.2) is 23.2 Å². The lowest BCUT2D eigenvalue weighted by Gasteiger charge is -2.29. The molecule has 0 aliphatic carbocycles. The van der Waals surface area contributed by atoms with E-state index in [1.54, 1.807) is 31.5 Å². The molecule has 0 saturated carbocycles. The quantitative estimate of drug-likeness (QED) is 0.714. The van der Waals surface area contributed by atoms with Crippen molar-refractivity contribution in [3.05, 3.63) is 23.8 Å². The molecule has 3 heteroatoms. The summed E-state index contributed by atoms with van der Waals surface area (Å²) in [6.07, 6.45) is 6.41. The first-order chi connectivity index (χ1) is 9.60. The topological polar surface area (TPSA) is 41.8 Å². The molecule has 1 N–H and O–H groups in total. The lowest BCUT2D eigenvalue weighted by atomic mass is 9.78. The number of rotatable bonds is 8. The van der Waals surface area contributed by atoms with E-state index >= 15 is 0 Å². The number of aromatic hydroxyl groups is 1. The fourth-order valence-electron chi connectivity index (χ4n) is 2.54. The lowest BCUT2D eigenvalue weighted by molar-refractivity contribution is 0.249. The van der Waals surface area contributed by atoms with Crippen molar-refractivity contribution >= 4 is 6.21 Å². The molecule has 0 amide bonds. The Bertz CT molecular complexity index is 437. The van der Waals surface area contributed by atoms with Gasteiger partial charge in [-0.05, 0) is 42.9 Å². The zero-order chi connectivity index (χ0) is 15.0. The van der Waals surface area contributed by atoms with Crippen molar-refractivity contribution in [1.29, 1.82) is 0 Å². The highest BCUT2D eigenvalue weighted by molar-refractivity contribution is 5.84. The van der Waals surface area contributed by atoms with Gasteiger partial charge in [0.15, 0.2) is 0 Å². The van der Waals surface area contributed by atoms with E-state index in [0.717, 1.165) is 25.1 Å². The molecule has 0 atom stereocenters. The maximum atomic E-state index is 9.83. The van der Waals surface area contributed by atoms with E-state index in [2.05, 4.69) is 25.8 Å². The average molecular weight is 277 g/mol. The van der Waals surface area contributed by atoms with Crippen molar-refractivity contribution in [1.82, 2.24) is 0 Å². The molecular formula is C17H27NO2. The van der Waals surface area contributed by atoms with Crippen LogP contribution in [0.4, 0.5) is 0 Å². The van der Waals surface area contributed by atoms with E-state index in [1.165, 1.54) is 12.8 Å². The Morgan fingerprint density at radius 1 is 1.25 bits per heavy atom. The third-order valence-corrected chi connectivity index (χ3v) is 4.17. The predicted molar refractivity (Wildman–Crippen MR) is 85.0 cm³/mol. The molecule has 20 heavy (non-hydrogen) atoms. The Balaban J connectivity index is 2.81. The van der Waals surface area contributed by atoms with Crippen LogP contribution in [-0.2, 0) is 0 Å². The second kappa shape index (κ2) is 7.93. The Kier molecular flexibility index (Phi) is 6.56. The van der Waals surface area contributed by atoms with Crippen LogP contribution in [0, 0.1) is 5.41 Å². The summed E-state index contributed by atoms with van der Waals surface area (Å²) in [5, 5.41) is 9.83. The van der Waals surface area contributed by atoms with Gasteiger partial charge in [-0.15, -0.1) is 0 Å². The monoisotopic (exact) mass is 277 g/mol. The number of benzene rings is 1. The average Bonchev–Trinajstić information content (AvgIpc) is 2.48. The summed E-state index contributed by atoms with van der Waals surface area (Å²) < 4.78 is 5.17. The van der Waals surface area contributed by atoms with Crippen LogP contribution in [0.1, 0.15) is 52.0 Å². The maximum absolute atomic E-state index is 9.83. The number of ether oxygens (including phenoxy) is 1. The van der Waals surface area contributed by atoms with Gasteiger partial charge in [0.25, 0.3) is 0 Å². The van der Waals surface area contributed by atoms with E-state index < -0.39 is 0 Å². The highest BCUT2D eigenvalue weighted by Gasteiger charge is 2.24. The maximum Gasteiger partial charge on any atom is 0.124 e. The van der Waals surface area contributed by atoms with Crippen molar-refractivity contribution in [2.24, 2.45) is 10.4 Å². The van der Waals surface area contributed by atoms with Gasteiger partial charge in [-0.1, -0.05) is 27.2 Å². The summed E-state index contributed by atoms with van der Waals surface area (Å²) in [5.41, 5.74) is 1.00. The Hall–Kier alpha value is -1.51. The zero-order valence-corrected chi connectivity index (χ0v) is 13.1. The van der Waals surface area contributed by atoms with Crippen LogP contribution < -0.4 is 4.74 Å². The molecule has 1 rings (SSSR count). The molecule has 1 aromatic rings. The number of phenols is 1. The lowest BCUT2D eigenvalue weighted by Crippen LogP contribution is -2.22. The molecule has 0 aliphatic rings. The Morgan fingerprint density at radius 2 is 1.95 bits per heavy atom. The fraction of sp³-hybridized carbons (Fsp3) is 0.588. The number of nitrogens with zero attached hydrogens (tertiary/aromatic N) is 1. The minimum absolute atomic E-state index is 0.239. The highest BCUT2D eigenvalue weighted by atomic mass is 16.5. The minimum Gasteiger partial charge on any atom is -0.507 e. The van der Waals surface area contributed by atoms with Crippen molar-refractivity contribution in [2.75, 3.05) is 13.7 Å². The second-order valence-electron chi connectivity index (χ2n) is 5.35. The van der Waals surface area contributed by atoms with E-state index in [9.17, 15) is 5.11 Å². The van der Waals surface area contributed by atoms with Gasteiger partial charge in [0.05, 0.1) is 7.11 Å². The molecule has 0 spiro atoms. The number of methoxy groups -OCH3 is 1. The zero-order valence-electron chi connectivity index (χ0n) is 13.1. The number of aliphatic imine (C=N–C) groups is 1. The fourth-order valence-corrected chi connectivity index (χ4v) is 2.54. The summed E-state index contributed by atoms with van der Waals surface area (Å²) in [4.78, 5) is 4.57. The first kappa shape index (κ1) is 16.5. The van der Waals surface area contributed by atoms with Gasteiger partial charge < -0.3 is 9.84 Å². The van der Waals surface area contributed by atoms with Gasteiger partial charge in [-0.3, -0.25) is 4.99 Å². The van der Waals surface area contributed by atoms with Crippen LogP contribution >= 0.6 is 0 Å². The molecule has 3 nitrogen and oxygen atoms in total. The van der Waals surface area contributed by atoms with Crippen molar-refractivity contribution in [2.45, 2.75) is 46.5 Å². The van der Waals surface area contributed by atoms with E-state index in [0.29, 0.717) is 11.0 Å². The van der Waals surface area contributed by atoms with Crippen molar-refractivity contribution in [3.8, 4) is 11.5 Å². The van der Waals surface area contributed by atoms with Crippen molar-refractivity contribution in [3.63, 3.8) is 0 Å². The summed E-state index contributed by atoms with van der Waals surface area (Å²) in [7, 11) is 1.62. The molecule has 0 fully saturated rings. The third kappa shape index (κ3) is 4.26. The van der Waals surface area contributed by atoms with Gasteiger partial charge in [0, 0.05) is 18.3 Å². The van der Waals surface area contributed by atoms with E-state index in [1.807, 2.05) is 0 Å². The summed E-state index contributed by atoms with van der Waals surface area (Å²) in [6, 6.07) is 5.18. The first-order valence-electron chi connectivity index (χ1n) is 7.47. The van der Waals surface area contributed by atoms with Gasteiger partial charge in [-0.25, -0.2) is 0 Å². The largest absolute Gasteiger partial charge is 0.507 e. The molecule has 1 aromatic carbocycles. The highest BCUT2D eigenvalue weighted by Crippen LogP contribution is 2.32. The smallest absolute Gasteiger partial charge is 0.124 e. The summed E-state index contributed by atoms with van der Waals surface area (Å²) in [5.74, 6) is 0.971. The van der Waals surface area contributed by atoms with Gasteiger partial charge in [0.2, 0.25) is 0 Å². The molecule has 0 bridgehead atoms. The molecule has 0 unspecified atom stereocenters. The van der Waals surface area contributed by atoms with Crippen LogP contribution in [0.25, 0.3) is 0 Å². The summed E-state index contributed by atoms with van der Waals surface area (Å²) >= 11 is 0. The first-order valence-corrected chi connectivity index (χ1v) is 7.47. The molecule has 112 valence electrons. The van der Waals surface area contributed by atoms with Crippen LogP contribution in [0.2, 0.25) is 0 Å². The molecule has 0 saturated heterocycles. The van der Waals surface area contributed by atoms with Crippen molar-refractivity contribution < 1.29 is 9.84 Å². The molecular weight excluding hydrogens is 250 g/mol. The van der Waals surface area contributed by atoms with Gasteiger partial charge in [-0.2, -0.15) is 0 Å². The number of hydrogen-bond acceptors (Lipinski definition) is 3. The number of phenolic OH excluding ortho intramolecular Hbond substituents is 1. The van der Waals surface area contributed by atoms with Crippen LogP contribution in [-0.4, -0.2) is 25.0 Å².